The Morgan fingerprint density at radius 3 is 2.67 bits per heavy atom. The summed E-state index contributed by atoms with van der Waals surface area (Å²) in [5.74, 6) is 0.432. The molecule has 0 spiro atoms. The van der Waals surface area contributed by atoms with Crippen LogP contribution in [0.2, 0.25) is 25.7 Å². The van der Waals surface area contributed by atoms with Crippen molar-refractivity contribution < 1.29 is 22.6 Å². The van der Waals surface area contributed by atoms with Crippen molar-refractivity contribution in [2.45, 2.75) is 57.5 Å². The molecule has 182 valence electrons. The topological polar surface area (TPSA) is 95.5 Å². The molecule has 0 bridgehead atoms. The van der Waals surface area contributed by atoms with Gasteiger partial charge in [-0.2, -0.15) is 18.3 Å². The fourth-order valence-corrected chi connectivity index (χ4v) is 4.38. The van der Waals surface area contributed by atoms with Crippen molar-refractivity contribution in [3.63, 3.8) is 0 Å². The van der Waals surface area contributed by atoms with E-state index in [0.717, 1.165) is 16.9 Å². The van der Waals surface area contributed by atoms with E-state index >= 15 is 0 Å². The van der Waals surface area contributed by atoms with Crippen LogP contribution in [0.1, 0.15) is 18.4 Å². The smallest absolute Gasteiger partial charge is 0.423 e. The summed E-state index contributed by atoms with van der Waals surface area (Å²) in [6.45, 7) is 7.04. The lowest BCUT2D eigenvalue weighted by atomic mass is 10.2. The van der Waals surface area contributed by atoms with Crippen molar-refractivity contribution in [3.8, 4) is 5.75 Å². The summed E-state index contributed by atoms with van der Waals surface area (Å²) in [6.07, 6.45) is 0.522. The summed E-state index contributed by atoms with van der Waals surface area (Å²) in [4.78, 5) is 18.2. The first-order chi connectivity index (χ1) is 15.5. The molecule has 8 nitrogen and oxygen atoms in total. The Morgan fingerprint density at radius 1 is 1.24 bits per heavy atom. The maximum absolute atomic E-state index is 14.0. The fourth-order valence-electron chi connectivity index (χ4n) is 3.62. The molecule has 1 aliphatic heterocycles. The van der Waals surface area contributed by atoms with Gasteiger partial charge in [-0.25, -0.2) is 4.68 Å². The molecule has 0 amide bonds. The first-order valence-electron chi connectivity index (χ1n) is 10.8. The van der Waals surface area contributed by atoms with Crippen LogP contribution in [0.4, 0.5) is 24.5 Å². The van der Waals surface area contributed by atoms with Crippen molar-refractivity contribution in [1.82, 2.24) is 14.8 Å². The van der Waals surface area contributed by atoms with Gasteiger partial charge in [0.2, 0.25) is 0 Å². The maximum atomic E-state index is 14.0. The molecular weight excluding hydrogens is 455 g/mol. The molecule has 2 aromatic heterocycles. The molecule has 2 N–H and O–H groups in total. The number of nitrogens with zero attached hydrogens (tertiary/aromatic N) is 4. The molecule has 33 heavy (non-hydrogen) atoms. The van der Waals surface area contributed by atoms with Crippen LogP contribution in [0.5, 0.6) is 5.75 Å². The Morgan fingerprint density at radius 2 is 2.00 bits per heavy atom. The minimum atomic E-state index is -4.83. The highest BCUT2D eigenvalue weighted by Crippen LogP contribution is 2.36. The lowest BCUT2D eigenvalue weighted by molar-refractivity contribution is -0.138. The highest BCUT2D eigenvalue weighted by atomic mass is 28.3. The number of anilines is 2. The molecule has 3 rings (SSSR count). The van der Waals surface area contributed by atoms with Crippen LogP contribution in [-0.4, -0.2) is 48.6 Å². The van der Waals surface area contributed by atoms with Crippen LogP contribution in [0, 0.1) is 0 Å². The quantitative estimate of drug-likeness (QED) is 0.428. The van der Waals surface area contributed by atoms with Gasteiger partial charge >= 0.3 is 6.18 Å². The third-order valence-electron chi connectivity index (χ3n) is 5.38. The Balaban J connectivity index is 1.79. The van der Waals surface area contributed by atoms with E-state index in [9.17, 15) is 18.0 Å². The highest BCUT2D eigenvalue weighted by molar-refractivity contribution is 6.76. The molecule has 0 aliphatic carbocycles. The molecule has 1 saturated heterocycles. The minimum Gasteiger partial charge on any atom is -0.490 e. The molecule has 0 saturated carbocycles. The van der Waals surface area contributed by atoms with E-state index in [1.54, 1.807) is 11.0 Å². The number of alkyl halides is 3. The molecule has 12 heteroatoms. The van der Waals surface area contributed by atoms with E-state index in [-0.39, 0.29) is 25.1 Å². The van der Waals surface area contributed by atoms with Crippen LogP contribution in [0.15, 0.2) is 29.5 Å². The third-order valence-corrected chi connectivity index (χ3v) is 7.08. The van der Waals surface area contributed by atoms with E-state index in [1.807, 2.05) is 0 Å². The molecule has 0 aromatic carbocycles. The Labute approximate surface area is 191 Å². The predicted molar refractivity (Wildman–Crippen MR) is 122 cm³/mol. The Kier molecular flexibility index (Phi) is 7.68. The number of nitrogens with two attached hydrogens (primary N) is 1. The average molecular weight is 486 g/mol. The lowest BCUT2D eigenvalue weighted by Crippen LogP contribution is -2.40. The number of hydrogen-bond acceptors (Lipinski definition) is 7. The zero-order chi connectivity index (χ0) is 24.2. The van der Waals surface area contributed by atoms with Gasteiger partial charge in [-0.3, -0.25) is 9.78 Å². The lowest BCUT2D eigenvalue weighted by Gasteiger charge is -2.29. The van der Waals surface area contributed by atoms with Gasteiger partial charge in [0.15, 0.2) is 0 Å². The molecule has 0 unspecified atom stereocenters. The number of rotatable bonds is 9. The van der Waals surface area contributed by atoms with Gasteiger partial charge in [0.05, 0.1) is 36.0 Å². The average Bonchev–Trinajstić information content (AvgIpc) is 3.17. The van der Waals surface area contributed by atoms with E-state index in [2.05, 4.69) is 29.7 Å². The van der Waals surface area contributed by atoms with Crippen LogP contribution in [0.3, 0.4) is 0 Å². The van der Waals surface area contributed by atoms with Crippen molar-refractivity contribution in [3.05, 3.63) is 40.6 Å². The van der Waals surface area contributed by atoms with Gasteiger partial charge in [0.1, 0.15) is 24.7 Å². The van der Waals surface area contributed by atoms with Crippen LogP contribution in [-0.2, 0) is 17.6 Å². The molecule has 2 aromatic rings. The number of pyridine rings is 1. The summed E-state index contributed by atoms with van der Waals surface area (Å²) in [5.41, 5.74) is 3.44. The van der Waals surface area contributed by atoms with Gasteiger partial charge in [0, 0.05) is 27.3 Å². The molecule has 3 heterocycles. The van der Waals surface area contributed by atoms with Crippen molar-refractivity contribution in [1.29, 1.82) is 0 Å². The van der Waals surface area contributed by atoms with Crippen molar-refractivity contribution >= 4 is 19.4 Å². The molecule has 1 aliphatic rings. The Hall–Kier alpha value is -2.60. The second-order valence-electron chi connectivity index (χ2n) is 9.31. The maximum Gasteiger partial charge on any atom is 0.423 e. The van der Waals surface area contributed by atoms with Crippen LogP contribution < -0.4 is 20.9 Å². The standard InChI is InChI=1S/C21H30F3N5O3Si/c1-33(2,3)8-7-31-14-29-20(30)19(21(22,23)24)18(12-27-29)28-6-4-5-16(28)13-32-17-9-15(25)10-26-11-17/h9-12,16H,4-8,13-14,25H2,1-3H3/t16-/m0/s1. The van der Waals surface area contributed by atoms with E-state index < -0.39 is 25.4 Å². The largest absolute Gasteiger partial charge is 0.490 e. The first-order valence-corrected chi connectivity index (χ1v) is 14.5. The fraction of sp³-hybridized carbons (Fsp3) is 0.571. The summed E-state index contributed by atoms with van der Waals surface area (Å²) >= 11 is 0. The number of aromatic nitrogens is 3. The van der Waals surface area contributed by atoms with Gasteiger partial charge in [-0.05, 0) is 18.9 Å². The first kappa shape index (κ1) is 25.0. The van der Waals surface area contributed by atoms with Crippen molar-refractivity contribution in [2.24, 2.45) is 0 Å². The monoisotopic (exact) mass is 485 g/mol. The van der Waals surface area contributed by atoms with Crippen molar-refractivity contribution in [2.75, 3.05) is 30.4 Å². The van der Waals surface area contributed by atoms with Gasteiger partial charge < -0.3 is 20.1 Å². The third kappa shape index (κ3) is 6.70. The van der Waals surface area contributed by atoms with Gasteiger partial charge in [-0.15, -0.1) is 0 Å². The predicted octanol–water partition coefficient (Wildman–Crippen LogP) is 3.60. The van der Waals surface area contributed by atoms with E-state index in [0.29, 0.717) is 37.4 Å². The van der Waals surface area contributed by atoms with Crippen LogP contribution >= 0.6 is 0 Å². The summed E-state index contributed by atoms with van der Waals surface area (Å²) in [6, 6.07) is 2.08. The number of ether oxygens (including phenoxy) is 2. The molecular formula is C21H30F3N5O3Si. The zero-order valence-corrected chi connectivity index (χ0v) is 20.1. The second kappa shape index (κ2) is 10.1. The normalized spacial score (nSPS) is 16.9. The molecule has 0 radical (unpaired) electrons. The van der Waals surface area contributed by atoms with E-state index in [1.165, 1.54) is 12.4 Å². The van der Waals surface area contributed by atoms with Crippen LogP contribution in [0.25, 0.3) is 0 Å². The van der Waals surface area contributed by atoms with Gasteiger partial charge in [0.25, 0.3) is 5.56 Å². The Bertz CT molecular complexity index is 1010. The summed E-state index contributed by atoms with van der Waals surface area (Å²) in [7, 11) is -1.36. The summed E-state index contributed by atoms with van der Waals surface area (Å²) in [5, 5.41) is 3.98. The molecule has 1 atom stereocenters. The number of hydrogen-bond donors (Lipinski definition) is 1. The van der Waals surface area contributed by atoms with E-state index in [4.69, 9.17) is 15.2 Å². The number of nitrogen functional groups attached to an aromatic ring is 1. The summed E-state index contributed by atoms with van der Waals surface area (Å²) < 4.78 is 53.7. The minimum absolute atomic E-state index is 0.130. The number of halogens is 3. The highest BCUT2D eigenvalue weighted by Gasteiger charge is 2.41. The molecule has 1 fully saturated rings. The SMILES string of the molecule is C[Si](C)(C)CCOCn1ncc(N2CCC[C@H]2COc2cncc(N)c2)c(C(F)(F)F)c1=O. The zero-order valence-electron chi connectivity index (χ0n) is 19.1. The van der Waals surface area contributed by atoms with Gasteiger partial charge in [-0.1, -0.05) is 19.6 Å². The second-order valence-corrected chi connectivity index (χ2v) is 14.9.